The molecule has 0 aliphatic carbocycles. The largest absolute Gasteiger partial charge is 0.295 e. The fraction of sp³-hybridized carbons (Fsp3) is 0.133. The highest BCUT2D eigenvalue weighted by atomic mass is 35.5. The lowest BCUT2D eigenvalue weighted by molar-refractivity contribution is 0.739. The Balaban J connectivity index is 2.13. The molecule has 0 atom stereocenters. The molecule has 0 aliphatic rings. The quantitative estimate of drug-likeness (QED) is 0.680. The van der Waals surface area contributed by atoms with E-state index in [1.807, 2.05) is 37.3 Å². The number of aromatic nitrogens is 3. The van der Waals surface area contributed by atoms with Crippen LogP contribution in [0, 0.1) is 6.92 Å². The molecular weight excluding hydrogens is 274 g/mol. The first-order valence-corrected chi connectivity index (χ1v) is 6.58. The number of aryl methyl sites for hydroxylation is 1. The van der Waals surface area contributed by atoms with Crippen molar-refractivity contribution in [2.45, 2.75) is 13.5 Å². The third-order valence-corrected chi connectivity index (χ3v) is 3.32. The van der Waals surface area contributed by atoms with E-state index in [2.05, 4.69) is 9.97 Å². The van der Waals surface area contributed by atoms with Crippen LogP contribution in [0.25, 0.3) is 10.9 Å². The molecule has 0 bridgehead atoms. The molecule has 0 amide bonds. The van der Waals surface area contributed by atoms with Crippen LogP contribution in [0.3, 0.4) is 0 Å². The van der Waals surface area contributed by atoms with Crippen molar-refractivity contribution in [1.29, 1.82) is 0 Å². The second-order valence-corrected chi connectivity index (χ2v) is 5.00. The maximum absolute atomic E-state index is 11.9. The van der Waals surface area contributed by atoms with Crippen LogP contribution in [0.4, 0.5) is 0 Å². The minimum Gasteiger partial charge on any atom is -0.295 e. The van der Waals surface area contributed by atoms with Gasteiger partial charge in [-0.3, -0.25) is 14.3 Å². The highest BCUT2D eigenvalue weighted by Crippen LogP contribution is 2.18. The Labute approximate surface area is 120 Å². The molecule has 2 aromatic heterocycles. The number of para-hydroxylation sites is 1. The predicted molar refractivity (Wildman–Crippen MR) is 79.1 cm³/mol. The van der Waals surface area contributed by atoms with Crippen LogP contribution >= 0.6 is 11.6 Å². The fourth-order valence-corrected chi connectivity index (χ4v) is 2.37. The Morgan fingerprint density at radius 2 is 2.05 bits per heavy atom. The minimum absolute atomic E-state index is 0.163. The molecule has 0 unspecified atom stereocenters. The van der Waals surface area contributed by atoms with Crippen molar-refractivity contribution in [2.75, 3.05) is 0 Å². The molecule has 0 aliphatic heterocycles. The first-order valence-electron chi connectivity index (χ1n) is 6.21. The van der Waals surface area contributed by atoms with Crippen molar-refractivity contribution >= 4 is 22.5 Å². The van der Waals surface area contributed by atoms with Crippen LogP contribution in [-0.2, 0) is 6.54 Å². The number of hydrogen-bond acceptors (Lipinski definition) is 3. The predicted octanol–water partition coefficient (Wildman–Crippen LogP) is 2.80. The molecular formula is C15H12ClN3O. The summed E-state index contributed by atoms with van der Waals surface area (Å²) < 4.78 is 1.53. The van der Waals surface area contributed by atoms with Crippen LogP contribution in [0.5, 0.6) is 0 Å². The topological polar surface area (TPSA) is 47.8 Å². The summed E-state index contributed by atoms with van der Waals surface area (Å²) in [6.07, 6.45) is 1.47. The van der Waals surface area contributed by atoms with E-state index in [4.69, 9.17) is 11.6 Å². The van der Waals surface area contributed by atoms with E-state index in [-0.39, 0.29) is 10.7 Å². The number of rotatable bonds is 2. The highest BCUT2D eigenvalue weighted by molar-refractivity contribution is 6.29. The normalized spacial score (nSPS) is 10.9. The van der Waals surface area contributed by atoms with E-state index in [9.17, 15) is 4.79 Å². The summed E-state index contributed by atoms with van der Waals surface area (Å²) in [6.45, 7) is 2.39. The standard InChI is InChI=1S/C15H12ClN3O/c1-10-6-11(12-4-2-3-5-13(12)18-10)8-19-9-17-14(16)7-15(19)20/h2-7,9H,8H2,1H3. The molecule has 4 nitrogen and oxygen atoms in total. The van der Waals surface area contributed by atoms with E-state index >= 15 is 0 Å². The molecule has 5 heteroatoms. The smallest absolute Gasteiger partial charge is 0.255 e. The van der Waals surface area contributed by atoms with Gasteiger partial charge >= 0.3 is 0 Å². The third-order valence-electron chi connectivity index (χ3n) is 3.12. The lowest BCUT2D eigenvalue weighted by Crippen LogP contribution is -2.20. The number of nitrogens with zero attached hydrogens (tertiary/aromatic N) is 3. The van der Waals surface area contributed by atoms with Crippen LogP contribution < -0.4 is 5.56 Å². The number of halogens is 1. The van der Waals surface area contributed by atoms with Crippen molar-refractivity contribution in [3.8, 4) is 0 Å². The molecule has 0 fully saturated rings. The zero-order valence-electron chi connectivity index (χ0n) is 10.9. The summed E-state index contributed by atoms with van der Waals surface area (Å²) in [4.78, 5) is 20.3. The molecule has 0 spiro atoms. The number of hydrogen-bond donors (Lipinski definition) is 0. The molecule has 3 rings (SSSR count). The van der Waals surface area contributed by atoms with E-state index < -0.39 is 0 Å². The van der Waals surface area contributed by atoms with Gasteiger partial charge < -0.3 is 0 Å². The van der Waals surface area contributed by atoms with E-state index in [1.165, 1.54) is 17.0 Å². The van der Waals surface area contributed by atoms with E-state index in [0.29, 0.717) is 6.54 Å². The van der Waals surface area contributed by atoms with Gasteiger partial charge in [0.2, 0.25) is 0 Å². The molecule has 0 N–H and O–H groups in total. The summed E-state index contributed by atoms with van der Waals surface area (Å²) in [6, 6.07) is 11.2. The average Bonchev–Trinajstić information content (AvgIpc) is 2.41. The summed E-state index contributed by atoms with van der Waals surface area (Å²) in [5, 5.41) is 1.25. The Hall–Kier alpha value is -2.20. The molecule has 1 aromatic carbocycles. The van der Waals surface area contributed by atoms with E-state index in [1.54, 1.807) is 0 Å². The third kappa shape index (κ3) is 2.42. The van der Waals surface area contributed by atoms with Crippen molar-refractivity contribution < 1.29 is 0 Å². The molecule has 20 heavy (non-hydrogen) atoms. The molecule has 0 radical (unpaired) electrons. The van der Waals surface area contributed by atoms with E-state index in [0.717, 1.165) is 22.2 Å². The number of benzene rings is 1. The summed E-state index contributed by atoms with van der Waals surface area (Å²) >= 11 is 5.71. The van der Waals surface area contributed by atoms with Gasteiger partial charge in [0.05, 0.1) is 18.4 Å². The Kier molecular flexibility index (Phi) is 3.24. The first kappa shape index (κ1) is 12.8. The summed E-state index contributed by atoms with van der Waals surface area (Å²) in [7, 11) is 0. The maximum Gasteiger partial charge on any atom is 0.255 e. The molecule has 2 heterocycles. The molecule has 0 saturated heterocycles. The average molecular weight is 286 g/mol. The van der Waals surface area contributed by atoms with Crippen molar-refractivity contribution in [2.24, 2.45) is 0 Å². The summed E-state index contributed by atoms with van der Waals surface area (Å²) in [5.41, 5.74) is 2.73. The second kappa shape index (κ2) is 5.06. The molecule has 100 valence electrons. The van der Waals surface area contributed by atoms with Crippen molar-refractivity contribution in [1.82, 2.24) is 14.5 Å². The second-order valence-electron chi connectivity index (χ2n) is 4.62. The zero-order chi connectivity index (χ0) is 14.1. The number of fused-ring (bicyclic) bond motifs is 1. The SMILES string of the molecule is Cc1cc(Cn2cnc(Cl)cc2=O)c2ccccc2n1. The first-order chi connectivity index (χ1) is 9.63. The monoisotopic (exact) mass is 285 g/mol. The van der Waals surface area contributed by atoms with Crippen molar-refractivity contribution in [3.05, 3.63) is 69.5 Å². The van der Waals surface area contributed by atoms with Gasteiger partial charge in [-0.1, -0.05) is 29.8 Å². The number of pyridine rings is 1. The van der Waals surface area contributed by atoms with Crippen LogP contribution in [0.1, 0.15) is 11.3 Å². The van der Waals surface area contributed by atoms with Gasteiger partial charge in [0.1, 0.15) is 5.15 Å². The van der Waals surface area contributed by atoms with Gasteiger partial charge in [-0.2, -0.15) is 0 Å². The Morgan fingerprint density at radius 3 is 2.85 bits per heavy atom. The van der Waals surface area contributed by atoms with Crippen LogP contribution in [0.15, 0.2) is 47.5 Å². The van der Waals surface area contributed by atoms with Crippen LogP contribution in [0.2, 0.25) is 5.15 Å². The van der Waals surface area contributed by atoms with Gasteiger partial charge in [0.25, 0.3) is 5.56 Å². The maximum atomic E-state index is 11.9. The summed E-state index contributed by atoms with van der Waals surface area (Å²) in [5.74, 6) is 0. The molecule has 0 saturated carbocycles. The van der Waals surface area contributed by atoms with Gasteiger partial charge in [-0.05, 0) is 24.6 Å². The van der Waals surface area contributed by atoms with Gasteiger partial charge in [-0.25, -0.2) is 4.98 Å². The van der Waals surface area contributed by atoms with Gasteiger partial charge in [-0.15, -0.1) is 0 Å². The van der Waals surface area contributed by atoms with Crippen molar-refractivity contribution in [3.63, 3.8) is 0 Å². The Morgan fingerprint density at radius 1 is 1.25 bits per heavy atom. The van der Waals surface area contributed by atoms with Crippen LogP contribution in [-0.4, -0.2) is 14.5 Å². The lowest BCUT2D eigenvalue weighted by Gasteiger charge is -2.09. The highest BCUT2D eigenvalue weighted by Gasteiger charge is 2.06. The van der Waals surface area contributed by atoms with Gasteiger partial charge in [0, 0.05) is 17.1 Å². The molecule has 3 aromatic rings. The van der Waals surface area contributed by atoms with Gasteiger partial charge in [0.15, 0.2) is 0 Å². The minimum atomic E-state index is -0.163. The Bertz CT molecular complexity index is 842. The lowest BCUT2D eigenvalue weighted by atomic mass is 10.1. The fourth-order valence-electron chi connectivity index (χ4n) is 2.23. The zero-order valence-corrected chi connectivity index (χ0v) is 11.6.